The Kier molecular flexibility index (Phi) is 3.71. The largest absolute Gasteiger partial charge is 0.481 e. The van der Waals surface area contributed by atoms with Gasteiger partial charge in [-0.05, 0) is 31.5 Å². The van der Waals surface area contributed by atoms with Gasteiger partial charge in [-0.1, -0.05) is 12.1 Å². The van der Waals surface area contributed by atoms with Crippen molar-refractivity contribution in [1.29, 1.82) is 0 Å². The zero-order valence-corrected chi connectivity index (χ0v) is 9.82. The zero-order chi connectivity index (χ0) is 14.1. The van der Waals surface area contributed by atoms with Crippen LogP contribution in [-0.4, -0.2) is 16.2 Å². The summed E-state index contributed by atoms with van der Waals surface area (Å²) in [6.45, 7) is 2.42. The summed E-state index contributed by atoms with van der Waals surface area (Å²) in [6, 6.07) is 4.04. The van der Waals surface area contributed by atoms with E-state index in [9.17, 15) is 23.1 Å². The number of halogens is 3. The molecule has 0 saturated carbocycles. The van der Waals surface area contributed by atoms with Gasteiger partial charge in [0.2, 0.25) is 0 Å². The number of alkyl halides is 3. The van der Waals surface area contributed by atoms with E-state index >= 15 is 0 Å². The first-order valence-electron chi connectivity index (χ1n) is 5.19. The number of carboxylic acids is 1. The first kappa shape index (κ1) is 14.5. The Labute approximate surface area is 102 Å². The summed E-state index contributed by atoms with van der Waals surface area (Å²) >= 11 is 0. The van der Waals surface area contributed by atoms with Crippen molar-refractivity contribution in [3.05, 3.63) is 35.4 Å². The lowest BCUT2D eigenvalue weighted by Crippen LogP contribution is -2.35. The molecule has 0 aliphatic carbocycles. The van der Waals surface area contributed by atoms with E-state index in [0.29, 0.717) is 0 Å². The second kappa shape index (κ2) is 4.61. The summed E-state index contributed by atoms with van der Waals surface area (Å²) in [5, 5.41) is 18.9. The van der Waals surface area contributed by atoms with Gasteiger partial charge in [0.1, 0.15) is 0 Å². The van der Waals surface area contributed by atoms with Crippen LogP contribution >= 0.6 is 0 Å². The Hall–Kier alpha value is -1.56. The van der Waals surface area contributed by atoms with E-state index in [0.717, 1.165) is 18.2 Å². The summed E-state index contributed by atoms with van der Waals surface area (Å²) in [5.41, 5.74) is -2.86. The maximum atomic E-state index is 12.5. The fourth-order valence-electron chi connectivity index (χ4n) is 1.50. The fourth-order valence-corrected chi connectivity index (χ4v) is 1.50. The molecule has 0 aromatic heterocycles. The maximum absolute atomic E-state index is 12.5. The Morgan fingerprint density at radius 1 is 1.28 bits per heavy atom. The van der Waals surface area contributed by atoms with Crippen LogP contribution in [0, 0.1) is 5.92 Å². The number of carbonyl (C=O) groups is 1. The normalized spacial score (nSPS) is 17.0. The Morgan fingerprint density at radius 3 is 2.22 bits per heavy atom. The van der Waals surface area contributed by atoms with Crippen molar-refractivity contribution in [3.8, 4) is 0 Å². The standard InChI is InChI=1S/C12H13F3O3/c1-7(10(16)17)11(2,18)8-4-3-5-9(6-8)12(13,14)15/h3-7,18H,1-2H3,(H,16,17). The minimum Gasteiger partial charge on any atom is -0.481 e. The molecule has 0 aliphatic heterocycles. The minimum absolute atomic E-state index is 0.0766. The van der Waals surface area contributed by atoms with E-state index in [2.05, 4.69) is 0 Å². The van der Waals surface area contributed by atoms with E-state index in [4.69, 9.17) is 5.11 Å². The second-order valence-electron chi connectivity index (χ2n) is 4.29. The van der Waals surface area contributed by atoms with Gasteiger partial charge in [-0.15, -0.1) is 0 Å². The highest BCUT2D eigenvalue weighted by atomic mass is 19.4. The number of hydrogen-bond acceptors (Lipinski definition) is 2. The summed E-state index contributed by atoms with van der Waals surface area (Å²) in [4.78, 5) is 10.8. The molecule has 18 heavy (non-hydrogen) atoms. The van der Waals surface area contributed by atoms with E-state index in [1.165, 1.54) is 19.9 Å². The molecule has 3 nitrogen and oxygen atoms in total. The van der Waals surface area contributed by atoms with Gasteiger partial charge in [-0.2, -0.15) is 13.2 Å². The minimum atomic E-state index is -4.53. The third-order valence-corrected chi connectivity index (χ3v) is 2.99. The van der Waals surface area contributed by atoms with Crippen LogP contribution in [0.4, 0.5) is 13.2 Å². The molecule has 2 N–H and O–H groups in total. The third-order valence-electron chi connectivity index (χ3n) is 2.99. The number of hydrogen-bond donors (Lipinski definition) is 2. The number of carboxylic acid groups (broad SMARTS) is 1. The van der Waals surface area contributed by atoms with Gasteiger partial charge in [0.15, 0.2) is 0 Å². The van der Waals surface area contributed by atoms with Crippen molar-refractivity contribution < 1.29 is 28.2 Å². The summed E-state index contributed by atoms with van der Waals surface area (Å²) < 4.78 is 37.6. The van der Waals surface area contributed by atoms with Crippen LogP contribution in [0.1, 0.15) is 25.0 Å². The monoisotopic (exact) mass is 262 g/mol. The van der Waals surface area contributed by atoms with E-state index in [1.807, 2.05) is 0 Å². The van der Waals surface area contributed by atoms with Crippen LogP contribution in [-0.2, 0) is 16.6 Å². The second-order valence-corrected chi connectivity index (χ2v) is 4.29. The van der Waals surface area contributed by atoms with Crippen molar-refractivity contribution in [1.82, 2.24) is 0 Å². The third kappa shape index (κ3) is 2.81. The topological polar surface area (TPSA) is 57.5 Å². The van der Waals surface area contributed by atoms with E-state index in [-0.39, 0.29) is 5.56 Å². The van der Waals surface area contributed by atoms with Crippen LogP contribution in [0.5, 0.6) is 0 Å². The van der Waals surface area contributed by atoms with E-state index < -0.39 is 29.2 Å². The smallest absolute Gasteiger partial charge is 0.416 e. The van der Waals surface area contributed by atoms with Crippen molar-refractivity contribution in [2.45, 2.75) is 25.6 Å². The molecule has 0 heterocycles. The summed E-state index contributed by atoms with van der Waals surface area (Å²) in [7, 11) is 0. The van der Waals surface area contributed by atoms with Crippen LogP contribution in [0.3, 0.4) is 0 Å². The van der Waals surface area contributed by atoms with Gasteiger partial charge < -0.3 is 10.2 Å². The molecular formula is C12H13F3O3. The van der Waals surface area contributed by atoms with Gasteiger partial charge in [-0.25, -0.2) is 0 Å². The van der Waals surface area contributed by atoms with Crippen LogP contribution in [0.25, 0.3) is 0 Å². The van der Waals surface area contributed by atoms with Crippen molar-refractivity contribution in [2.24, 2.45) is 5.92 Å². The van der Waals surface area contributed by atoms with Crippen molar-refractivity contribution in [3.63, 3.8) is 0 Å². The van der Waals surface area contributed by atoms with Crippen LogP contribution in [0.15, 0.2) is 24.3 Å². The van der Waals surface area contributed by atoms with Gasteiger partial charge >= 0.3 is 12.1 Å². The molecule has 0 amide bonds. The number of rotatable bonds is 3. The molecule has 100 valence electrons. The molecule has 0 bridgehead atoms. The number of aliphatic hydroxyl groups is 1. The Balaban J connectivity index is 3.22. The lowest BCUT2D eigenvalue weighted by molar-refractivity contribution is -0.150. The van der Waals surface area contributed by atoms with Crippen molar-refractivity contribution >= 4 is 5.97 Å². The molecule has 0 radical (unpaired) electrons. The molecule has 1 rings (SSSR count). The fraction of sp³-hybridized carbons (Fsp3) is 0.417. The summed E-state index contributed by atoms with van der Waals surface area (Å²) in [5.74, 6) is -2.50. The molecule has 0 aliphatic rings. The average molecular weight is 262 g/mol. The van der Waals surface area contributed by atoms with Crippen molar-refractivity contribution in [2.75, 3.05) is 0 Å². The highest BCUT2D eigenvalue weighted by Crippen LogP contribution is 2.34. The Morgan fingerprint density at radius 2 is 1.78 bits per heavy atom. The highest BCUT2D eigenvalue weighted by Gasteiger charge is 2.37. The first-order chi connectivity index (χ1) is 8.06. The zero-order valence-electron chi connectivity index (χ0n) is 9.82. The predicted molar refractivity (Wildman–Crippen MR) is 57.8 cm³/mol. The predicted octanol–water partition coefficient (Wildman–Crippen LogP) is 2.63. The molecule has 2 unspecified atom stereocenters. The highest BCUT2D eigenvalue weighted by molar-refractivity contribution is 5.71. The van der Waals surface area contributed by atoms with Crippen LogP contribution < -0.4 is 0 Å². The Bertz CT molecular complexity index is 452. The SMILES string of the molecule is CC(C(=O)O)C(C)(O)c1cccc(C(F)(F)F)c1. The molecule has 2 atom stereocenters. The molecular weight excluding hydrogens is 249 g/mol. The average Bonchev–Trinajstić information content (AvgIpc) is 2.27. The van der Waals surface area contributed by atoms with Gasteiger partial charge in [-0.3, -0.25) is 4.79 Å². The molecule has 0 spiro atoms. The van der Waals surface area contributed by atoms with Gasteiger partial charge in [0.05, 0.1) is 17.1 Å². The lowest BCUT2D eigenvalue weighted by Gasteiger charge is -2.28. The molecule has 0 fully saturated rings. The number of aliphatic carboxylic acids is 1. The van der Waals surface area contributed by atoms with Crippen LogP contribution in [0.2, 0.25) is 0 Å². The summed E-state index contributed by atoms with van der Waals surface area (Å²) in [6.07, 6.45) is -4.53. The molecule has 6 heteroatoms. The maximum Gasteiger partial charge on any atom is 0.416 e. The molecule has 1 aromatic rings. The van der Waals surface area contributed by atoms with E-state index in [1.54, 1.807) is 0 Å². The van der Waals surface area contributed by atoms with Gasteiger partial charge in [0.25, 0.3) is 0 Å². The van der Waals surface area contributed by atoms with Gasteiger partial charge in [0, 0.05) is 0 Å². The molecule has 1 aromatic carbocycles. The first-order valence-corrected chi connectivity index (χ1v) is 5.19. The quantitative estimate of drug-likeness (QED) is 0.880. The molecule has 0 saturated heterocycles. The lowest BCUT2D eigenvalue weighted by atomic mass is 9.83. The number of benzene rings is 1.